The highest BCUT2D eigenvalue weighted by molar-refractivity contribution is 5.78. The van der Waals surface area contributed by atoms with Gasteiger partial charge in [0.1, 0.15) is 6.61 Å². The van der Waals surface area contributed by atoms with Crippen LogP contribution in [0, 0.1) is 5.92 Å². The van der Waals surface area contributed by atoms with Crippen LogP contribution in [-0.2, 0) is 16.1 Å². The van der Waals surface area contributed by atoms with Gasteiger partial charge < -0.3 is 10.1 Å². The quantitative estimate of drug-likeness (QED) is 0.908. The standard InChI is InChI=1S/C20H23N3O2/c1-25-13-19(24)22-20-16-7-3-2-6-15(16)17-11-23(12-18(17)20)10-14-5-4-8-21-9-14/h2-9,17-18,20H,10-13H2,1H3,(H,22,24)/t17-,18-,20+/m0/s1. The number of fused-ring (bicyclic) bond motifs is 3. The van der Waals surface area contributed by atoms with E-state index in [1.54, 1.807) is 13.3 Å². The van der Waals surface area contributed by atoms with Crippen molar-refractivity contribution in [3.05, 3.63) is 65.5 Å². The lowest BCUT2D eigenvalue weighted by Crippen LogP contribution is -2.35. The molecule has 1 aromatic heterocycles. The molecule has 1 N–H and O–H groups in total. The Balaban J connectivity index is 1.54. The number of pyridine rings is 1. The molecule has 1 aliphatic carbocycles. The van der Waals surface area contributed by atoms with Crippen LogP contribution < -0.4 is 5.32 Å². The number of methoxy groups -OCH3 is 1. The van der Waals surface area contributed by atoms with Gasteiger partial charge in [0.05, 0.1) is 6.04 Å². The van der Waals surface area contributed by atoms with E-state index in [0.717, 1.165) is 19.6 Å². The zero-order chi connectivity index (χ0) is 17.2. The van der Waals surface area contributed by atoms with Crippen molar-refractivity contribution in [2.75, 3.05) is 26.8 Å². The Hall–Kier alpha value is -2.24. The number of benzene rings is 1. The molecular weight excluding hydrogens is 314 g/mol. The molecule has 0 saturated carbocycles. The zero-order valence-corrected chi connectivity index (χ0v) is 14.4. The molecule has 2 aromatic rings. The van der Waals surface area contributed by atoms with E-state index in [1.165, 1.54) is 16.7 Å². The van der Waals surface area contributed by atoms with Gasteiger partial charge in [0, 0.05) is 51.0 Å². The highest BCUT2D eigenvalue weighted by atomic mass is 16.5. The first-order valence-electron chi connectivity index (χ1n) is 8.74. The number of nitrogens with zero attached hydrogens (tertiary/aromatic N) is 2. The molecule has 0 spiro atoms. The summed E-state index contributed by atoms with van der Waals surface area (Å²) in [5.74, 6) is 0.837. The molecule has 5 heteroatoms. The molecule has 25 heavy (non-hydrogen) atoms. The van der Waals surface area contributed by atoms with E-state index < -0.39 is 0 Å². The second kappa shape index (κ2) is 6.94. The van der Waals surface area contributed by atoms with E-state index in [1.807, 2.05) is 12.3 Å². The molecule has 0 unspecified atom stereocenters. The first-order valence-corrected chi connectivity index (χ1v) is 8.74. The predicted octanol–water partition coefficient (Wildman–Crippen LogP) is 2.11. The van der Waals surface area contributed by atoms with Crippen LogP contribution in [0.15, 0.2) is 48.8 Å². The number of nitrogens with one attached hydrogen (secondary N) is 1. The molecule has 1 fully saturated rings. The Morgan fingerprint density at radius 2 is 2.08 bits per heavy atom. The molecule has 2 heterocycles. The summed E-state index contributed by atoms with van der Waals surface area (Å²) in [4.78, 5) is 18.8. The molecule has 1 amide bonds. The van der Waals surface area contributed by atoms with Gasteiger partial charge >= 0.3 is 0 Å². The third-order valence-corrected chi connectivity index (χ3v) is 5.32. The van der Waals surface area contributed by atoms with Crippen molar-refractivity contribution in [3.8, 4) is 0 Å². The maximum Gasteiger partial charge on any atom is 0.246 e. The molecular formula is C20H23N3O2. The van der Waals surface area contributed by atoms with Crippen LogP contribution in [0.3, 0.4) is 0 Å². The summed E-state index contributed by atoms with van der Waals surface area (Å²) in [6, 6.07) is 12.7. The smallest absolute Gasteiger partial charge is 0.246 e. The SMILES string of the molecule is COCC(=O)N[C@@H]1c2ccccc2[C@@H]2CN(Cc3cccnc3)C[C@H]12. The van der Waals surface area contributed by atoms with Crippen LogP contribution >= 0.6 is 0 Å². The van der Waals surface area contributed by atoms with Crippen molar-refractivity contribution in [2.45, 2.75) is 18.5 Å². The molecule has 0 radical (unpaired) electrons. The number of rotatable bonds is 5. The van der Waals surface area contributed by atoms with Gasteiger partial charge in [-0.3, -0.25) is 14.7 Å². The summed E-state index contributed by atoms with van der Waals surface area (Å²) in [5, 5.41) is 3.19. The summed E-state index contributed by atoms with van der Waals surface area (Å²) in [7, 11) is 1.55. The number of hydrogen-bond donors (Lipinski definition) is 1. The van der Waals surface area contributed by atoms with Gasteiger partial charge in [-0.2, -0.15) is 0 Å². The van der Waals surface area contributed by atoms with Crippen LogP contribution in [0.2, 0.25) is 0 Å². The third kappa shape index (κ3) is 3.17. The van der Waals surface area contributed by atoms with Crippen molar-refractivity contribution in [2.24, 2.45) is 5.92 Å². The van der Waals surface area contributed by atoms with Gasteiger partial charge in [-0.15, -0.1) is 0 Å². The largest absolute Gasteiger partial charge is 0.375 e. The third-order valence-electron chi connectivity index (χ3n) is 5.32. The number of likely N-dealkylation sites (tertiary alicyclic amines) is 1. The maximum atomic E-state index is 12.1. The molecule has 3 atom stereocenters. The van der Waals surface area contributed by atoms with E-state index in [-0.39, 0.29) is 18.6 Å². The topological polar surface area (TPSA) is 54.5 Å². The number of ether oxygens (including phenoxy) is 1. The minimum atomic E-state index is -0.0475. The fourth-order valence-electron chi connectivity index (χ4n) is 4.35. The molecule has 5 nitrogen and oxygen atoms in total. The Morgan fingerprint density at radius 1 is 1.24 bits per heavy atom. The van der Waals surface area contributed by atoms with Crippen LogP contribution in [0.25, 0.3) is 0 Å². The number of carbonyl (C=O) groups is 1. The molecule has 130 valence electrons. The monoisotopic (exact) mass is 337 g/mol. The van der Waals surface area contributed by atoms with Crippen LogP contribution in [-0.4, -0.2) is 42.6 Å². The van der Waals surface area contributed by atoms with E-state index in [0.29, 0.717) is 11.8 Å². The summed E-state index contributed by atoms with van der Waals surface area (Å²) >= 11 is 0. The fraction of sp³-hybridized carbons (Fsp3) is 0.400. The summed E-state index contributed by atoms with van der Waals surface area (Å²) < 4.78 is 4.98. The number of aromatic nitrogens is 1. The van der Waals surface area contributed by atoms with Gasteiger partial charge in [-0.25, -0.2) is 0 Å². The van der Waals surface area contributed by atoms with Gasteiger partial charge in [-0.05, 0) is 22.8 Å². The number of hydrogen-bond acceptors (Lipinski definition) is 4. The van der Waals surface area contributed by atoms with Crippen molar-refractivity contribution < 1.29 is 9.53 Å². The van der Waals surface area contributed by atoms with E-state index in [4.69, 9.17) is 4.74 Å². The Bertz CT molecular complexity index is 750. The summed E-state index contributed by atoms with van der Waals surface area (Å²) in [5.41, 5.74) is 3.88. The lowest BCUT2D eigenvalue weighted by atomic mass is 9.94. The minimum absolute atomic E-state index is 0.0475. The lowest BCUT2D eigenvalue weighted by Gasteiger charge is -2.23. The summed E-state index contributed by atoms with van der Waals surface area (Å²) in [6.07, 6.45) is 3.74. The second-order valence-electron chi connectivity index (χ2n) is 6.93. The van der Waals surface area contributed by atoms with Crippen molar-refractivity contribution in [3.63, 3.8) is 0 Å². The zero-order valence-electron chi connectivity index (χ0n) is 14.4. The highest BCUT2D eigenvalue weighted by Crippen LogP contribution is 2.49. The van der Waals surface area contributed by atoms with E-state index in [2.05, 4.69) is 45.5 Å². The van der Waals surface area contributed by atoms with Gasteiger partial charge in [0.25, 0.3) is 0 Å². The Morgan fingerprint density at radius 3 is 2.84 bits per heavy atom. The first kappa shape index (κ1) is 16.2. The highest BCUT2D eigenvalue weighted by Gasteiger charge is 2.46. The van der Waals surface area contributed by atoms with Crippen molar-refractivity contribution in [1.82, 2.24) is 15.2 Å². The molecule has 1 aromatic carbocycles. The first-order chi connectivity index (χ1) is 12.3. The Kier molecular flexibility index (Phi) is 4.51. The average molecular weight is 337 g/mol. The molecule has 4 rings (SSSR count). The van der Waals surface area contributed by atoms with Gasteiger partial charge in [-0.1, -0.05) is 30.3 Å². The minimum Gasteiger partial charge on any atom is -0.375 e. The van der Waals surface area contributed by atoms with E-state index >= 15 is 0 Å². The number of amides is 1. The van der Waals surface area contributed by atoms with Gasteiger partial charge in [0.2, 0.25) is 5.91 Å². The normalized spacial score (nSPS) is 24.8. The molecule has 0 bridgehead atoms. The predicted molar refractivity (Wildman–Crippen MR) is 94.9 cm³/mol. The van der Waals surface area contributed by atoms with Crippen LogP contribution in [0.1, 0.15) is 28.7 Å². The lowest BCUT2D eigenvalue weighted by molar-refractivity contribution is -0.125. The fourth-order valence-corrected chi connectivity index (χ4v) is 4.35. The maximum absolute atomic E-state index is 12.1. The van der Waals surface area contributed by atoms with Crippen LogP contribution in [0.4, 0.5) is 0 Å². The van der Waals surface area contributed by atoms with Crippen LogP contribution in [0.5, 0.6) is 0 Å². The average Bonchev–Trinajstić information content (AvgIpc) is 3.15. The molecule has 1 aliphatic heterocycles. The molecule has 1 saturated heterocycles. The Labute approximate surface area is 148 Å². The van der Waals surface area contributed by atoms with Crippen molar-refractivity contribution >= 4 is 5.91 Å². The molecule has 2 aliphatic rings. The van der Waals surface area contributed by atoms with Crippen molar-refractivity contribution in [1.29, 1.82) is 0 Å². The van der Waals surface area contributed by atoms with E-state index in [9.17, 15) is 4.79 Å². The van der Waals surface area contributed by atoms with Gasteiger partial charge in [0.15, 0.2) is 0 Å². The number of carbonyl (C=O) groups excluding carboxylic acids is 1. The summed E-state index contributed by atoms with van der Waals surface area (Å²) in [6.45, 7) is 3.01. The second-order valence-corrected chi connectivity index (χ2v) is 6.93.